The van der Waals surface area contributed by atoms with Gasteiger partial charge in [0.15, 0.2) is 0 Å². The molecule has 4 aromatic rings. The van der Waals surface area contributed by atoms with E-state index in [1.165, 1.54) is 5.56 Å². The van der Waals surface area contributed by atoms with Crippen LogP contribution in [0.1, 0.15) is 28.4 Å². The van der Waals surface area contributed by atoms with Crippen molar-refractivity contribution in [2.45, 2.75) is 19.8 Å². The summed E-state index contributed by atoms with van der Waals surface area (Å²) in [6.45, 7) is 2.13. The smallest absolute Gasteiger partial charge is 0.337 e. The number of carboxylic acids is 1. The molecule has 0 aliphatic heterocycles. The third-order valence-corrected chi connectivity index (χ3v) is 5.40. The number of hydrogen-bond acceptors (Lipinski definition) is 2. The van der Waals surface area contributed by atoms with Crippen molar-refractivity contribution >= 4 is 28.3 Å². The van der Waals surface area contributed by atoms with E-state index >= 15 is 0 Å². The first-order valence-corrected chi connectivity index (χ1v) is 10.3. The predicted octanol–water partition coefficient (Wildman–Crippen LogP) is 5.95. The Morgan fingerprint density at radius 1 is 0.774 bits per heavy atom. The van der Waals surface area contributed by atoms with Crippen molar-refractivity contribution in [2.75, 3.05) is 5.32 Å². The Hall–Kier alpha value is -3.92. The minimum Gasteiger partial charge on any atom is -0.478 e. The number of nitrogens with one attached hydrogen (secondary N) is 1. The van der Waals surface area contributed by atoms with E-state index in [0.717, 1.165) is 33.9 Å². The standard InChI is InChI=1S/C27H23NO3/c1-2-18-7-11-20(12-8-18)21-13-9-19(10-14-21)15-26(29)28-25-17-23-6-4-3-5-22(23)16-24(25)27(30)31/h3-14,16-17H,2,15H2,1H3,(H,28,29)(H,30,31). The maximum atomic E-state index is 12.6. The first-order valence-electron chi connectivity index (χ1n) is 10.3. The number of amides is 1. The molecular formula is C27H23NO3. The molecule has 4 heteroatoms. The van der Waals surface area contributed by atoms with Crippen LogP contribution in [-0.4, -0.2) is 17.0 Å². The molecule has 0 saturated carbocycles. The van der Waals surface area contributed by atoms with Crippen LogP contribution in [0.15, 0.2) is 84.9 Å². The van der Waals surface area contributed by atoms with E-state index in [1.807, 2.05) is 48.5 Å². The number of carbonyl (C=O) groups is 2. The van der Waals surface area contributed by atoms with E-state index in [1.54, 1.807) is 12.1 Å². The lowest BCUT2D eigenvalue weighted by atomic mass is 10.0. The Morgan fingerprint density at radius 3 is 1.87 bits per heavy atom. The fraction of sp³-hybridized carbons (Fsp3) is 0.111. The van der Waals surface area contributed by atoms with Gasteiger partial charge < -0.3 is 10.4 Å². The number of carbonyl (C=O) groups excluding carboxylic acids is 1. The summed E-state index contributed by atoms with van der Waals surface area (Å²) >= 11 is 0. The Kier molecular flexibility index (Phi) is 5.80. The van der Waals surface area contributed by atoms with E-state index < -0.39 is 5.97 Å². The minimum absolute atomic E-state index is 0.0814. The van der Waals surface area contributed by atoms with Crippen LogP contribution >= 0.6 is 0 Å². The monoisotopic (exact) mass is 409 g/mol. The van der Waals surface area contributed by atoms with Gasteiger partial charge in [-0.1, -0.05) is 79.7 Å². The molecule has 1 amide bonds. The molecule has 0 aliphatic rings. The predicted molar refractivity (Wildman–Crippen MR) is 124 cm³/mol. The average Bonchev–Trinajstić information content (AvgIpc) is 2.79. The lowest BCUT2D eigenvalue weighted by Gasteiger charge is -2.11. The molecule has 4 rings (SSSR count). The number of aromatic carboxylic acids is 1. The van der Waals surface area contributed by atoms with Crippen molar-refractivity contribution in [2.24, 2.45) is 0 Å². The second kappa shape index (κ2) is 8.84. The molecule has 2 N–H and O–H groups in total. The van der Waals surface area contributed by atoms with Crippen LogP contribution in [-0.2, 0) is 17.6 Å². The number of rotatable bonds is 6. The van der Waals surface area contributed by atoms with E-state index in [4.69, 9.17) is 0 Å². The number of hydrogen-bond donors (Lipinski definition) is 2. The zero-order valence-electron chi connectivity index (χ0n) is 17.3. The van der Waals surface area contributed by atoms with Crippen LogP contribution < -0.4 is 5.32 Å². The fourth-order valence-corrected chi connectivity index (χ4v) is 3.65. The lowest BCUT2D eigenvalue weighted by molar-refractivity contribution is -0.115. The molecule has 0 spiro atoms. The summed E-state index contributed by atoms with van der Waals surface area (Å²) in [4.78, 5) is 24.3. The molecule has 0 bridgehead atoms. The topological polar surface area (TPSA) is 66.4 Å². The van der Waals surface area contributed by atoms with Gasteiger partial charge in [-0.2, -0.15) is 0 Å². The quantitative estimate of drug-likeness (QED) is 0.414. The highest BCUT2D eigenvalue weighted by Crippen LogP contribution is 2.25. The number of fused-ring (bicyclic) bond motifs is 1. The maximum Gasteiger partial charge on any atom is 0.337 e. The first-order chi connectivity index (χ1) is 15.0. The molecule has 0 fully saturated rings. The highest BCUT2D eigenvalue weighted by molar-refractivity contribution is 6.05. The molecule has 0 heterocycles. The summed E-state index contributed by atoms with van der Waals surface area (Å²) < 4.78 is 0. The SMILES string of the molecule is CCc1ccc(-c2ccc(CC(=O)Nc3cc4ccccc4cc3C(=O)O)cc2)cc1. The zero-order chi connectivity index (χ0) is 21.8. The Morgan fingerprint density at radius 2 is 1.32 bits per heavy atom. The maximum absolute atomic E-state index is 12.6. The number of anilines is 1. The number of aryl methyl sites for hydroxylation is 1. The Balaban J connectivity index is 1.49. The normalized spacial score (nSPS) is 10.7. The van der Waals surface area contributed by atoms with Crippen molar-refractivity contribution in [3.05, 3.63) is 102 Å². The van der Waals surface area contributed by atoms with Gasteiger partial charge in [0.05, 0.1) is 17.7 Å². The van der Waals surface area contributed by atoms with Crippen molar-refractivity contribution in [1.29, 1.82) is 0 Å². The van der Waals surface area contributed by atoms with Gasteiger partial charge in [0.2, 0.25) is 5.91 Å². The van der Waals surface area contributed by atoms with Crippen LogP contribution in [0.5, 0.6) is 0 Å². The summed E-state index contributed by atoms with van der Waals surface area (Å²) in [6.07, 6.45) is 1.18. The van der Waals surface area contributed by atoms with Crippen molar-refractivity contribution in [3.8, 4) is 11.1 Å². The molecule has 0 radical (unpaired) electrons. The van der Waals surface area contributed by atoms with Crippen LogP contribution in [0.3, 0.4) is 0 Å². The summed E-state index contributed by atoms with van der Waals surface area (Å²) in [5, 5.41) is 14.0. The summed E-state index contributed by atoms with van der Waals surface area (Å²) in [5.74, 6) is -1.32. The van der Waals surface area contributed by atoms with Gasteiger partial charge in [-0.15, -0.1) is 0 Å². The molecule has 4 nitrogen and oxygen atoms in total. The highest BCUT2D eigenvalue weighted by Gasteiger charge is 2.14. The van der Waals surface area contributed by atoms with E-state index in [9.17, 15) is 14.7 Å². The van der Waals surface area contributed by atoms with Gasteiger partial charge in [-0.25, -0.2) is 4.79 Å². The van der Waals surface area contributed by atoms with Crippen LogP contribution in [0.2, 0.25) is 0 Å². The van der Waals surface area contributed by atoms with E-state index in [0.29, 0.717) is 5.69 Å². The second-order valence-electron chi connectivity index (χ2n) is 7.52. The van der Waals surface area contributed by atoms with Crippen LogP contribution in [0.25, 0.3) is 21.9 Å². The molecule has 4 aromatic carbocycles. The third kappa shape index (κ3) is 4.64. The third-order valence-electron chi connectivity index (χ3n) is 5.40. The van der Waals surface area contributed by atoms with Gasteiger partial charge in [-0.05, 0) is 51.6 Å². The number of carboxylic acid groups (broad SMARTS) is 1. The van der Waals surface area contributed by atoms with Crippen molar-refractivity contribution < 1.29 is 14.7 Å². The molecule has 31 heavy (non-hydrogen) atoms. The second-order valence-corrected chi connectivity index (χ2v) is 7.52. The largest absolute Gasteiger partial charge is 0.478 e. The zero-order valence-corrected chi connectivity index (χ0v) is 17.3. The average molecular weight is 409 g/mol. The molecular weight excluding hydrogens is 386 g/mol. The van der Waals surface area contributed by atoms with Crippen molar-refractivity contribution in [1.82, 2.24) is 0 Å². The van der Waals surface area contributed by atoms with Crippen LogP contribution in [0.4, 0.5) is 5.69 Å². The van der Waals surface area contributed by atoms with Crippen molar-refractivity contribution in [3.63, 3.8) is 0 Å². The van der Waals surface area contributed by atoms with Gasteiger partial charge in [0, 0.05) is 0 Å². The van der Waals surface area contributed by atoms with Gasteiger partial charge in [0.1, 0.15) is 0 Å². The molecule has 0 unspecified atom stereocenters. The molecule has 154 valence electrons. The molecule has 0 aliphatic carbocycles. The fourth-order valence-electron chi connectivity index (χ4n) is 3.65. The summed E-state index contributed by atoms with van der Waals surface area (Å²) in [7, 11) is 0. The summed E-state index contributed by atoms with van der Waals surface area (Å²) in [6, 6.07) is 27.1. The number of benzene rings is 4. The Labute approximate surface area is 181 Å². The summed E-state index contributed by atoms with van der Waals surface area (Å²) in [5.41, 5.74) is 4.78. The minimum atomic E-state index is -1.07. The molecule has 0 saturated heterocycles. The van der Waals surface area contributed by atoms with E-state index in [2.05, 4.69) is 36.5 Å². The molecule has 0 aromatic heterocycles. The van der Waals surface area contributed by atoms with Gasteiger partial charge in [-0.3, -0.25) is 4.79 Å². The van der Waals surface area contributed by atoms with Gasteiger partial charge in [0.25, 0.3) is 0 Å². The highest BCUT2D eigenvalue weighted by atomic mass is 16.4. The first kappa shape index (κ1) is 20.4. The Bertz CT molecular complexity index is 1240. The van der Waals surface area contributed by atoms with E-state index in [-0.39, 0.29) is 17.9 Å². The van der Waals surface area contributed by atoms with Gasteiger partial charge >= 0.3 is 5.97 Å². The lowest BCUT2D eigenvalue weighted by Crippen LogP contribution is -2.16. The molecule has 0 atom stereocenters. The van der Waals surface area contributed by atoms with Crippen LogP contribution in [0, 0.1) is 0 Å².